The molecule has 1 aliphatic rings. The predicted octanol–water partition coefficient (Wildman–Crippen LogP) is 2.66. The van der Waals surface area contributed by atoms with Gasteiger partial charge in [0.25, 0.3) is 5.91 Å². The molecule has 0 aliphatic carbocycles. The van der Waals surface area contributed by atoms with Crippen LogP contribution in [0.2, 0.25) is 0 Å². The van der Waals surface area contributed by atoms with Gasteiger partial charge in [-0.25, -0.2) is 0 Å². The molecule has 2 heterocycles. The molecular formula is C20H22N4O2S2. The van der Waals surface area contributed by atoms with Crippen LogP contribution in [0.25, 0.3) is 6.08 Å². The summed E-state index contributed by atoms with van der Waals surface area (Å²) in [6.45, 7) is 3.09. The third kappa shape index (κ3) is 5.48. The summed E-state index contributed by atoms with van der Waals surface area (Å²) in [5, 5.41) is 7.68. The second kappa shape index (κ2) is 9.59. The van der Waals surface area contributed by atoms with E-state index in [1.807, 2.05) is 41.6 Å². The standard InChI is InChI=1S/C20H22N4O2S2/c1-23-10-12-24(13-11-23)19(26)16-6-2-3-7-17(16)21-20(27)22-18(25)9-8-15-5-4-14-28-15/h2-9,14H,10-13H2,1H3,(H2,21,22,25,27)/b9-8+. The molecule has 1 aromatic heterocycles. The number of thiophene rings is 1. The highest BCUT2D eigenvalue weighted by Gasteiger charge is 2.22. The van der Waals surface area contributed by atoms with Crippen LogP contribution >= 0.6 is 23.6 Å². The maximum Gasteiger partial charge on any atom is 0.256 e. The Morgan fingerprint density at radius 1 is 1.11 bits per heavy atom. The highest BCUT2D eigenvalue weighted by molar-refractivity contribution is 7.80. The van der Waals surface area contributed by atoms with Crippen molar-refractivity contribution in [2.75, 3.05) is 38.5 Å². The highest BCUT2D eigenvalue weighted by Crippen LogP contribution is 2.18. The van der Waals surface area contributed by atoms with Crippen molar-refractivity contribution in [2.24, 2.45) is 0 Å². The molecule has 2 amide bonds. The van der Waals surface area contributed by atoms with Gasteiger partial charge in [0.2, 0.25) is 5.91 Å². The Kier molecular flexibility index (Phi) is 6.91. The summed E-state index contributed by atoms with van der Waals surface area (Å²) in [6.07, 6.45) is 3.16. The number of anilines is 1. The maximum absolute atomic E-state index is 12.9. The van der Waals surface area contributed by atoms with E-state index in [2.05, 4.69) is 15.5 Å². The molecule has 2 aromatic rings. The Hall–Kier alpha value is -2.55. The van der Waals surface area contributed by atoms with E-state index in [0.29, 0.717) is 24.3 Å². The van der Waals surface area contributed by atoms with Gasteiger partial charge in [-0.1, -0.05) is 18.2 Å². The number of benzene rings is 1. The van der Waals surface area contributed by atoms with Gasteiger partial charge in [-0.2, -0.15) is 0 Å². The van der Waals surface area contributed by atoms with Crippen LogP contribution in [0.15, 0.2) is 47.9 Å². The molecule has 0 unspecified atom stereocenters. The van der Waals surface area contributed by atoms with Crippen molar-refractivity contribution in [3.63, 3.8) is 0 Å². The fraction of sp³-hybridized carbons (Fsp3) is 0.250. The number of hydrogen-bond acceptors (Lipinski definition) is 5. The van der Waals surface area contributed by atoms with Crippen molar-refractivity contribution in [1.82, 2.24) is 15.1 Å². The van der Waals surface area contributed by atoms with E-state index in [0.717, 1.165) is 18.0 Å². The SMILES string of the molecule is CN1CCN(C(=O)c2ccccc2NC(=S)NC(=O)/C=C/c2cccs2)CC1. The lowest BCUT2D eigenvalue weighted by atomic mass is 10.1. The maximum atomic E-state index is 12.9. The Balaban J connectivity index is 1.61. The minimum atomic E-state index is -0.325. The van der Waals surface area contributed by atoms with E-state index in [4.69, 9.17) is 12.2 Å². The third-order valence-electron chi connectivity index (χ3n) is 4.38. The smallest absolute Gasteiger partial charge is 0.256 e. The Morgan fingerprint density at radius 2 is 1.86 bits per heavy atom. The van der Waals surface area contributed by atoms with Gasteiger partial charge in [-0.15, -0.1) is 11.3 Å². The molecule has 2 N–H and O–H groups in total. The fourth-order valence-electron chi connectivity index (χ4n) is 2.81. The van der Waals surface area contributed by atoms with Gasteiger partial charge in [-0.3, -0.25) is 14.9 Å². The van der Waals surface area contributed by atoms with Crippen molar-refractivity contribution < 1.29 is 9.59 Å². The summed E-state index contributed by atoms with van der Waals surface area (Å²) in [5.41, 5.74) is 1.12. The average molecular weight is 415 g/mol. The van der Waals surface area contributed by atoms with Crippen molar-refractivity contribution in [2.45, 2.75) is 0 Å². The number of thiocarbonyl (C=S) groups is 1. The van der Waals surface area contributed by atoms with Crippen molar-refractivity contribution in [3.8, 4) is 0 Å². The number of hydrogen-bond donors (Lipinski definition) is 2. The number of carbonyl (C=O) groups excluding carboxylic acids is 2. The van der Waals surface area contributed by atoms with Gasteiger partial charge in [0.1, 0.15) is 0 Å². The van der Waals surface area contributed by atoms with Crippen molar-refractivity contribution >= 4 is 52.2 Å². The molecule has 3 rings (SSSR count). The molecule has 8 heteroatoms. The molecule has 28 heavy (non-hydrogen) atoms. The van der Waals surface area contributed by atoms with Gasteiger partial charge in [0.15, 0.2) is 5.11 Å². The van der Waals surface area contributed by atoms with Gasteiger partial charge < -0.3 is 15.1 Å². The summed E-state index contributed by atoms with van der Waals surface area (Å²) in [5.74, 6) is -0.364. The van der Waals surface area contributed by atoms with Gasteiger partial charge in [0, 0.05) is 37.1 Å². The highest BCUT2D eigenvalue weighted by atomic mass is 32.1. The minimum absolute atomic E-state index is 0.0390. The number of para-hydroxylation sites is 1. The molecule has 1 aliphatic heterocycles. The van der Waals surface area contributed by atoms with Crippen LogP contribution in [-0.2, 0) is 4.79 Å². The van der Waals surface area contributed by atoms with Crippen LogP contribution in [0.1, 0.15) is 15.2 Å². The first-order chi connectivity index (χ1) is 13.5. The fourth-order valence-corrected chi connectivity index (χ4v) is 3.64. The van der Waals surface area contributed by atoms with Gasteiger partial charge in [-0.05, 0) is 48.9 Å². The summed E-state index contributed by atoms with van der Waals surface area (Å²) in [7, 11) is 2.05. The number of likely N-dealkylation sites (N-methyl/N-ethyl adjacent to an activating group) is 1. The molecule has 0 radical (unpaired) electrons. The van der Waals surface area contributed by atoms with Crippen LogP contribution in [-0.4, -0.2) is 60.0 Å². The molecule has 0 atom stereocenters. The Labute approximate surface area is 173 Å². The lowest BCUT2D eigenvalue weighted by Crippen LogP contribution is -2.47. The minimum Gasteiger partial charge on any atom is -0.336 e. The normalized spacial score (nSPS) is 14.8. The summed E-state index contributed by atoms with van der Waals surface area (Å²) in [6, 6.07) is 11.0. The largest absolute Gasteiger partial charge is 0.336 e. The monoisotopic (exact) mass is 414 g/mol. The molecule has 146 valence electrons. The van der Waals surface area contributed by atoms with Crippen LogP contribution in [0, 0.1) is 0 Å². The summed E-state index contributed by atoms with van der Waals surface area (Å²) < 4.78 is 0. The van der Waals surface area contributed by atoms with Crippen molar-refractivity contribution in [1.29, 1.82) is 0 Å². The van der Waals surface area contributed by atoms with E-state index in [9.17, 15) is 9.59 Å². The second-order valence-electron chi connectivity index (χ2n) is 6.43. The zero-order chi connectivity index (χ0) is 19.9. The number of carbonyl (C=O) groups is 2. The van der Waals surface area contributed by atoms with Crippen LogP contribution < -0.4 is 10.6 Å². The number of nitrogens with one attached hydrogen (secondary N) is 2. The van der Waals surface area contributed by atoms with Crippen molar-refractivity contribution in [3.05, 3.63) is 58.3 Å². The number of amides is 2. The topological polar surface area (TPSA) is 64.7 Å². The van der Waals surface area contributed by atoms with Crippen LogP contribution in [0.4, 0.5) is 5.69 Å². The third-order valence-corrected chi connectivity index (χ3v) is 5.42. The number of piperazine rings is 1. The molecule has 1 fully saturated rings. The summed E-state index contributed by atoms with van der Waals surface area (Å²) in [4.78, 5) is 29.9. The zero-order valence-corrected chi connectivity index (χ0v) is 17.2. The predicted molar refractivity (Wildman–Crippen MR) is 118 cm³/mol. The quantitative estimate of drug-likeness (QED) is 0.595. The van der Waals surface area contributed by atoms with Crippen LogP contribution in [0.3, 0.4) is 0 Å². The lowest BCUT2D eigenvalue weighted by molar-refractivity contribution is -0.115. The second-order valence-corrected chi connectivity index (χ2v) is 7.82. The average Bonchev–Trinajstić information content (AvgIpc) is 3.20. The Morgan fingerprint density at radius 3 is 2.57 bits per heavy atom. The van der Waals surface area contributed by atoms with E-state index in [-0.39, 0.29) is 16.9 Å². The van der Waals surface area contributed by atoms with E-state index in [1.54, 1.807) is 29.5 Å². The first-order valence-electron chi connectivity index (χ1n) is 8.93. The first kappa shape index (κ1) is 20.2. The van der Waals surface area contributed by atoms with Gasteiger partial charge >= 0.3 is 0 Å². The van der Waals surface area contributed by atoms with E-state index >= 15 is 0 Å². The lowest BCUT2D eigenvalue weighted by Gasteiger charge is -2.32. The molecule has 0 bridgehead atoms. The number of nitrogens with zero attached hydrogens (tertiary/aromatic N) is 2. The molecule has 0 saturated carbocycles. The van der Waals surface area contributed by atoms with E-state index < -0.39 is 0 Å². The molecule has 6 nitrogen and oxygen atoms in total. The molecule has 0 spiro atoms. The zero-order valence-electron chi connectivity index (χ0n) is 15.6. The molecule has 1 saturated heterocycles. The van der Waals surface area contributed by atoms with Crippen LogP contribution in [0.5, 0.6) is 0 Å². The van der Waals surface area contributed by atoms with E-state index in [1.165, 1.54) is 6.08 Å². The first-order valence-corrected chi connectivity index (χ1v) is 10.2. The molecular weight excluding hydrogens is 392 g/mol. The Bertz CT molecular complexity index is 872. The molecule has 1 aromatic carbocycles. The number of rotatable bonds is 4. The van der Waals surface area contributed by atoms with Gasteiger partial charge in [0.05, 0.1) is 11.3 Å². The summed E-state index contributed by atoms with van der Waals surface area (Å²) >= 11 is 6.78.